The van der Waals surface area contributed by atoms with Gasteiger partial charge in [0.15, 0.2) is 11.5 Å². The van der Waals surface area contributed by atoms with Gasteiger partial charge in [-0.15, -0.1) is 0 Å². The first-order chi connectivity index (χ1) is 16.4. The molecular weight excluding hydrogens is 434 g/mol. The lowest BCUT2D eigenvalue weighted by Gasteiger charge is -2.14. The summed E-state index contributed by atoms with van der Waals surface area (Å²) in [4.78, 5) is 17.6. The summed E-state index contributed by atoms with van der Waals surface area (Å²) < 4.78 is 17.7. The van der Waals surface area contributed by atoms with Gasteiger partial charge >= 0.3 is 0 Å². The molecule has 2 N–H and O–H groups in total. The fraction of sp³-hybridized carbons (Fsp3) is 0.320. The fourth-order valence-corrected chi connectivity index (χ4v) is 3.54. The predicted octanol–water partition coefficient (Wildman–Crippen LogP) is 3.50. The third-order valence-corrected chi connectivity index (χ3v) is 5.52. The molecule has 34 heavy (non-hydrogen) atoms. The van der Waals surface area contributed by atoms with Gasteiger partial charge in [-0.05, 0) is 68.3 Å². The van der Waals surface area contributed by atoms with Gasteiger partial charge in [-0.1, -0.05) is 0 Å². The summed E-state index contributed by atoms with van der Waals surface area (Å²) in [6.07, 6.45) is 0.700. The van der Waals surface area contributed by atoms with Gasteiger partial charge in [0.25, 0.3) is 5.91 Å². The highest BCUT2D eigenvalue weighted by atomic mass is 16.5. The summed E-state index contributed by atoms with van der Waals surface area (Å²) in [5.74, 6) is 1.77. The third kappa shape index (κ3) is 5.86. The number of aliphatic imine (C=N–C) groups is 1. The molecule has 0 aliphatic rings. The van der Waals surface area contributed by atoms with E-state index in [0.29, 0.717) is 36.0 Å². The van der Waals surface area contributed by atoms with Crippen LogP contribution in [0.5, 0.6) is 17.2 Å². The van der Waals surface area contributed by atoms with Crippen molar-refractivity contribution in [3.8, 4) is 17.2 Å². The summed E-state index contributed by atoms with van der Waals surface area (Å²) in [7, 11) is 6.61. The Morgan fingerprint density at radius 1 is 1.00 bits per heavy atom. The monoisotopic (exact) mass is 465 g/mol. The number of benzene rings is 2. The van der Waals surface area contributed by atoms with E-state index in [1.165, 1.54) is 7.11 Å². The van der Waals surface area contributed by atoms with E-state index in [0.717, 1.165) is 28.4 Å². The summed E-state index contributed by atoms with van der Waals surface area (Å²) >= 11 is 0. The fourth-order valence-electron chi connectivity index (χ4n) is 3.54. The molecule has 9 heteroatoms. The van der Waals surface area contributed by atoms with Crippen LogP contribution >= 0.6 is 0 Å². The van der Waals surface area contributed by atoms with E-state index in [2.05, 4.69) is 20.7 Å². The molecule has 0 fully saturated rings. The van der Waals surface area contributed by atoms with E-state index in [-0.39, 0.29) is 5.91 Å². The molecule has 0 atom stereocenters. The van der Waals surface area contributed by atoms with Crippen LogP contribution in [0, 0.1) is 13.8 Å². The number of nitrogens with zero attached hydrogens (tertiary/aromatic N) is 3. The van der Waals surface area contributed by atoms with Crippen LogP contribution in [0.1, 0.15) is 27.3 Å². The van der Waals surface area contributed by atoms with Gasteiger partial charge in [-0.25, -0.2) is 0 Å². The van der Waals surface area contributed by atoms with Gasteiger partial charge < -0.3 is 19.5 Å². The van der Waals surface area contributed by atoms with E-state index in [1.54, 1.807) is 32.4 Å². The minimum absolute atomic E-state index is 0.325. The molecule has 0 spiro atoms. The van der Waals surface area contributed by atoms with E-state index >= 15 is 0 Å². The molecule has 180 valence electrons. The van der Waals surface area contributed by atoms with Gasteiger partial charge in [0.1, 0.15) is 5.75 Å². The molecule has 0 radical (unpaired) electrons. The largest absolute Gasteiger partial charge is 0.497 e. The molecule has 3 rings (SSSR count). The molecule has 2 aromatic carbocycles. The molecule has 3 aromatic rings. The van der Waals surface area contributed by atoms with Gasteiger partial charge in [-0.2, -0.15) is 5.10 Å². The predicted molar refractivity (Wildman–Crippen MR) is 132 cm³/mol. The smallest absolute Gasteiger partial charge is 0.258 e. The second kappa shape index (κ2) is 11.2. The molecule has 1 amide bonds. The quantitative estimate of drug-likeness (QED) is 0.390. The SMILES string of the molecule is COc1ccc(NC(=NCCc2c(C)nn(C)c2C)NC(=O)c2ccc(OC)c(OC)c2)cc1. The summed E-state index contributed by atoms with van der Waals surface area (Å²) in [6.45, 7) is 4.49. The molecule has 9 nitrogen and oxygen atoms in total. The Bertz CT molecular complexity index is 1170. The highest BCUT2D eigenvalue weighted by Gasteiger charge is 2.14. The van der Waals surface area contributed by atoms with Crippen molar-refractivity contribution >= 4 is 17.6 Å². The van der Waals surface area contributed by atoms with Crippen LogP contribution in [0.3, 0.4) is 0 Å². The summed E-state index contributed by atoms with van der Waals surface area (Å²) in [5.41, 5.74) is 4.42. The first-order valence-electron chi connectivity index (χ1n) is 10.8. The maximum absolute atomic E-state index is 13.0. The average Bonchev–Trinajstić information content (AvgIpc) is 3.09. The molecule has 0 aliphatic heterocycles. The van der Waals surface area contributed by atoms with Crippen LogP contribution in [0.4, 0.5) is 5.69 Å². The maximum atomic E-state index is 13.0. The summed E-state index contributed by atoms with van der Waals surface area (Å²) in [5, 5.41) is 10.5. The number of nitrogens with one attached hydrogen (secondary N) is 2. The molecule has 0 saturated carbocycles. The zero-order valence-electron chi connectivity index (χ0n) is 20.4. The molecule has 1 aromatic heterocycles. The van der Waals surface area contributed by atoms with Crippen molar-refractivity contribution in [2.45, 2.75) is 20.3 Å². The van der Waals surface area contributed by atoms with Crippen molar-refractivity contribution in [3.05, 3.63) is 65.0 Å². The highest BCUT2D eigenvalue weighted by Crippen LogP contribution is 2.27. The molecular formula is C25H31N5O4. The molecule has 0 unspecified atom stereocenters. The van der Waals surface area contributed by atoms with Crippen molar-refractivity contribution in [2.24, 2.45) is 12.0 Å². The van der Waals surface area contributed by atoms with E-state index in [1.807, 2.05) is 49.8 Å². The Morgan fingerprint density at radius 2 is 1.71 bits per heavy atom. The first-order valence-corrected chi connectivity index (χ1v) is 10.8. The number of aryl methyl sites for hydroxylation is 2. The molecule has 0 saturated heterocycles. The van der Waals surface area contributed by atoms with Crippen LogP contribution in [-0.4, -0.2) is 49.5 Å². The Labute approximate surface area is 199 Å². The van der Waals surface area contributed by atoms with Crippen molar-refractivity contribution in [2.75, 3.05) is 33.2 Å². The number of guanidine groups is 1. The second-order valence-corrected chi connectivity index (χ2v) is 7.63. The number of carbonyl (C=O) groups excluding carboxylic acids is 1. The number of hydrogen-bond donors (Lipinski definition) is 2. The van der Waals surface area contributed by atoms with E-state index < -0.39 is 0 Å². The van der Waals surface area contributed by atoms with Gasteiger partial charge in [-0.3, -0.25) is 19.8 Å². The van der Waals surface area contributed by atoms with Crippen molar-refractivity contribution < 1.29 is 19.0 Å². The van der Waals surface area contributed by atoms with Crippen molar-refractivity contribution in [1.82, 2.24) is 15.1 Å². The van der Waals surface area contributed by atoms with Gasteiger partial charge in [0.05, 0.1) is 27.0 Å². The maximum Gasteiger partial charge on any atom is 0.258 e. The number of hydrogen-bond acceptors (Lipinski definition) is 6. The minimum atomic E-state index is -0.325. The second-order valence-electron chi connectivity index (χ2n) is 7.63. The van der Waals surface area contributed by atoms with Crippen LogP contribution in [0.15, 0.2) is 47.5 Å². The van der Waals surface area contributed by atoms with Crippen molar-refractivity contribution in [3.63, 3.8) is 0 Å². The number of methoxy groups -OCH3 is 3. The zero-order chi connectivity index (χ0) is 24.7. The highest BCUT2D eigenvalue weighted by molar-refractivity contribution is 6.10. The van der Waals surface area contributed by atoms with Gasteiger partial charge in [0, 0.05) is 30.5 Å². The number of aromatic nitrogens is 2. The normalized spacial score (nSPS) is 11.2. The van der Waals surface area contributed by atoms with E-state index in [4.69, 9.17) is 14.2 Å². The number of anilines is 1. The lowest BCUT2D eigenvalue weighted by molar-refractivity contribution is 0.0976. The standard InChI is InChI=1S/C25H31N5O4/c1-16-21(17(2)30(3)29-16)13-14-26-25(27-19-8-10-20(32-4)11-9-19)28-24(31)18-7-12-22(33-5)23(15-18)34-6/h7-12,15H,13-14H2,1-6H3,(H2,26,27,28,31). The first kappa shape index (κ1) is 24.6. The minimum Gasteiger partial charge on any atom is -0.497 e. The Morgan fingerprint density at radius 3 is 2.29 bits per heavy atom. The number of amides is 1. The topological polar surface area (TPSA) is 99.0 Å². The van der Waals surface area contributed by atoms with Crippen LogP contribution in [0.2, 0.25) is 0 Å². The Hall–Kier alpha value is -4.01. The summed E-state index contributed by atoms with van der Waals surface area (Å²) in [6, 6.07) is 12.4. The number of carbonyl (C=O) groups is 1. The lowest BCUT2D eigenvalue weighted by atomic mass is 10.1. The molecule has 0 aliphatic carbocycles. The van der Waals surface area contributed by atoms with Crippen molar-refractivity contribution in [1.29, 1.82) is 0 Å². The third-order valence-electron chi connectivity index (χ3n) is 5.52. The van der Waals surface area contributed by atoms with Gasteiger partial charge in [0.2, 0.25) is 5.96 Å². The molecule has 1 heterocycles. The average molecular weight is 466 g/mol. The van der Waals surface area contributed by atoms with Crippen LogP contribution in [-0.2, 0) is 13.5 Å². The Balaban J connectivity index is 1.81. The number of ether oxygens (including phenoxy) is 3. The van der Waals surface area contributed by atoms with Crippen LogP contribution < -0.4 is 24.8 Å². The number of rotatable bonds is 8. The lowest BCUT2D eigenvalue weighted by Crippen LogP contribution is -2.36. The molecule has 0 bridgehead atoms. The zero-order valence-corrected chi connectivity index (χ0v) is 20.4. The van der Waals surface area contributed by atoms with Crippen LogP contribution in [0.25, 0.3) is 0 Å². The Kier molecular flexibility index (Phi) is 8.13. The van der Waals surface area contributed by atoms with E-state index in [9.17, 15) is 4.79 Å².